The SMILES string of the molecule is CC(C)CNC(=O)CN(C)c1ccc(C(N)=S)c(Cl)c1. The molecule has 1 aromatic carbocycles. The smallest absolute Gasteiger partial charge is 0.239 e. The number of anilines is 1. The maximum Gasteiger partial charge on any atom is 0.239 e. The number of nitrogens with zero attached hydrogens (tertiary/aromatic N) is 1. The number of nitrogens with one attached hydrogen (secondary N) is 1. The number of thiocarbonyl (C=S) groups is 1. The van der Waals surface area contributed by atoms with Crippen LogP contribution in [0.4, 0.5) is 5.69 Å². The van der Waals surface area contributed by atoms with Crippen LogP contribution in [-0.4, -0.2) is 31.0 Å². The van der Waals surface area contributed by atoms with E-state index < -0.39 is 0 Å². The van der Waals surface area contributed by atoms with Gasteiger partial charge in [-0.2, -0.15) is 0 Å². The Morgan fingerprint density at radius 3 is 2.65 bits per heavy atom. The van der Waals surface area contributed by atoms with Gasteiger partial charge in [-0.1, -0.05) is 37.7 Å². The number of hydrogen-bond donors (Lipinski definition) is 2. The molecule has 0 aliphatic heterocycles. The van der Waals surface area contributed by atoms with Gasteiger partial charge in [0.2, 0.25) is 5.91 Å². The van der Waals surface area contributed by atoms with Gasteiger partial charge in [0.1, 0.15) is 4.99 Å². The molecule has 6 heteroatoms. The highest BCUT2D eigenvalue weighted by Gasteiger charge is 2.10. The zero-order valence-corrected chi connectivity index (χ0v) is 13.5. The number of amides is 1. The highest BCUT2D eigenvalue weighted by atomic mass is 35.5. The van der Waals surface area contributed by atoms with E-state index in [2.05, 4.69) is 19.2 Å². The summed E-state index contributed by atoms with van der Waals surface area (Å²) in [5, 5.41) is 3.36. The molecule has 4 nitrogen and oxygen atoms in total. The summed E-state index contributed by atoms with van der Waals surface area (Å²) >= 11 is 11.0. The van der Waals surface area contributed by atoms with Crippen LogP contribution in [0.5, 0.6) is 0 Å². The van der Waals surface area contributed by atoms with Crippen LogP contribution in [-0.2, 0) is 4.79 Å². The average Bonchev–Trinajstić information content (AvgIpc) is 2.35. The Kier molecular flexibility index (Phi) is 6.23. The summed E-state index contributed by atoms with van der Waals surface area (Å²) in [4.78, 5) is 13.9. The molecule has 0 aliphatic rings. The van der Waals surface area contributed by atoms with Crippen LogP contribution in [0, 0.1) is 5.92 Å². The minimum absolute atomic E-state index is 0.0178. The summed E-state index contributed by atoms with van der Waals surface area (Å²) in [6, 6.07) is 5.37. The van der Waals surface area contributed by atoms with E-state index in [0.29, 0.717) is 23.0 Å². The fraction of sp³-hybridized carbons (Fsp3) is 0.429. The maximum absolute atomic E-state index is 11.8. The lowest BCUT2D eigenvalue weighted by molar-refractivity contribution is -0.119. The van der Waals surface area contributed by atoms with Crippen LogP contribution >= 0.6 is 23.8 Å². The average molecular weight is 314 g/mol. The van der Waals surface area contributed by atoms with Crippen LogP contribution in [0.1, 0.15) is 19.4 Å². The molecular weight excluding hydrogens is 294 g/mol. The third-order valence-electron chi connectivity index (χ3n) is 2.75. The number of benzene rings is 1. The van der Waals surface area contributed by atoms with Gasteiger partial charge >= 0.3 is 0 Å². The highest BCUT2D eigenvalue weighted by molar-refractivity contribution is 7.80. The van der Waals surface area contributed by atoms with Crippen molar-refractivity contribution in [1.29, 1.82) is 0 Å². The van der Waals surface area contributed by atoms with Crippen molar-refractivity contribution in [2.45, 2.75) is 13.8 Å². The summed E-state index contributed by atoms with van der Waals surface area (Å²) in [6.07, 6.45) is 0. The number of likely N-dealkylation sites (N-methyl/N-ethyl adjacent to an activating group) is 1. The molecule has 110 valence electrons. The minimum atomic E-state index is -0.0178. The zero-order valence-electron chi connectivity index (χ0n) is 11.9. The van der Waals surface area contributed by atoms with E-state index in [1.54, 1.807) is 12.1 Å². The van der Waals surface area contributed by atoms with E-state index >= 15 is 0 Å². The van der Waals surface area contributed by atoms with Crippen molar-refractivity contribution in [2.24, 2.45) is 11.7 Å². The molecule has 0 unspecified atom stereocenters. The molecule has 1 aromatic rings. The van der Waals surface area contributed by atoms with Gasteiger partial charge in [-0.05, 0) is 24.1 Å². The van der Waals surface area contributed by atoms with Crippen molar-refractivity contribution in [3.63, 3.8) is 0 Å². The molecule has 0 heterocycles. The molecule has 0 aromatic heterocycles. The predicted octanol–water partition coefficient (Wildman–Crippen LogP) is 2.18. The quantitative estimate of drug-likeness (QED) is 0.790. The van der Waals surface area contributed by atoms with E-state index in [1.807, 2.05) is 18.0 Å². The minimum Gasteiger partial charge on any atom is -0.389 e. The number of nitrogens with two attached hydrogens (primary N) is 1. The Labute approximate surface area is 130 Å². The Hall–Kier alpha value is -1.33. The second-order valence-electron chi connectivity index (χ2n) is 5.08. The summed E-state index contributed by atoms with van der Waals surface area (Å²) in [7, 11) is 1.83. The molecule has 0 aliphatic carbocycles. The summed E-state index contributed by atoms with van der Waals surface area (Å²) < 4.78 is 0. The molecule has 1 rings (SSSR count). The molecule has 0 spiro atoms. The molecule has 1 amide bonds. The van der Waals surface area contributed by atoms with Crippen molar-refractivity contribution in [1.82, 2.24) is 5.32 Å². The number of carbonyl (C=O) groups is 1. The monoisotopic (exact) mass is 313 g/mol. The second-order valence-corrected chi connectivity index (χ2v) is 5.93. The van der Waals surface area contributed by atoms with E-state index in [9.17, 15) is 4.79 Å². The van der Waals surface area contributed by atoms with E-state index in [1.165, 1.54) is 0 Å². The number of carbonyl (C=O) groups excluding carboxylic acids is 1. The highest BCUT2D eigenvalue weighted by Crippen LogP contribution is 2.23. The van der Waals surface area contributed by atoms with Gasteiger partial charge < -0.3 is 16.0 Å². The first-order chi connectivity index (χ1) is 9.31. The molecule has 0 saturated heterocycles. The van der Waals surface area contributed by atoms with Crippen molar-refractivity contribution in [3.8, 4) is 0 Å². The van der Waals surface area contributed by atoms with Gasteiger partial charge in [0, 0.05) is 24.8 Å². The van der Waals surface area contributed by atoms with Gasteiger partial charge in [0.25, 0.3) is 0 Å². The number of halogens is 1. The first kappa shape index (κ1) is 16.7. The summed E-state index contributed by atoms with van der Waals surface area (Å²) in [5.41, 5.74) is 7.04. The number of hydrogen-bond acceptors (Lipinski definition) is 3. The third-order valence-corrected chi connectivity index (χ3v) is 3.28. The second kappa shape index (κ2) is 7.45. The first-order valence-corrected chi connectivity index (χ1v) is 7.17. The fourth-order valence-corrected chi connectivity index (χ4v) is 2.13. The van der Waals surface area contributed by atoms with Crippen LogP contribution in [0.3, 0.4) is 0 Å². The van der Waals surface area contributed by atoms with Gasteiger partial charge in [-0.25, -0.2) is 0 Å². The molecule has 0 bridgehead atoms. The van der Waals surface area contributed by atoms with Gasteiger partial charge in [-0.15, -0.1) is 0 Å². The fourth-order valence-electron chi connectivity index (χ4n) is 1.62. The van der Waals surface area contributed by atoms with Crippen molar-refractivity contribution < 1.29 is 4.79 Å². The Morgan fingerprint density at radius 1 is 1.50 bits per heavy atom. The van der Waals surface area contributed by atoms with Gasteiger partial charge in [0.15, 0.2) is 0 Å². The van der Waals surface area contributed by atoms with Gasteiger partial charge in [-0.3, -0.25) is 4.79 Å². The van der Waals surface area contributed by atoms with Crippen molar-refractivity contribution >= 4 is 40.4 Å². The summed E-state index contributed by atoms with van der Waals surface area (Å²) in [6.45, 7) is 5.06. The standard InChI is InChI=1S/C14H20ClN3OS/c1-9(2)7-17-13(19)8-18(3)10-4-5-11(14(16)20)12(15)6-10/h4-6,9H,7-8H2,1-3H3,(H2,16,20)(H,17,19). The number of rotatable bonds is 6. The maximum atomic E-state index is 11.8. The van der Waals surface area contributed by atoms with Crippen LogP contribution in [0.2, 0.25) is 5.02 Å². The molecule has 0 atom stereocenters. The lowest BCUT2D eigenvalue weighted by atomic mass is 10.2. The molecule has 20 heavy (non-hydrogen) atoms. The van der Waals surface area contributed by atoms with E-state index in [4.69, 9.17) is 29.6 Å². The largest absolute Gasteiger partial charge is 0.389 e. The third kappa shape index (κ3) is 4.98. The molecule has 0 saturated carbocycles. The topological polar surface area (TPSA) is 58.4 Å². The molecule has 3 N–H and O–H groups in total. The lowest BCUT2D eigenvalue weighted by Crippen LogP contribution is -2.36. The van der Waals surface area contributed by atoms with Crippen LogP contribution in [0.25, 0.3) is 0 Å². The predicted molar refractivity (Wildman–Crippen MR) is 88.5 cm³/mol. The van der Waals surface area contributed by atoms with Crippen molar-refractivity contribution in [2.75, 3.05) is 25.0 Å². The Balaban J connectivity index is 2.68. The van der Waals surface area contributed by atoms with Crippen LogP contribution < -0.4 is 16.0 Å². The normalized spacial score (nSPS) is 10.4. The molecule has 0 radical (unpaired) electrons. The van der Waals surface area contributed by atoms with E-state index in [0.717, 1.165) is 5.69 Å². The summed E-state index contributed by atoms with van der Waals surface area (Å²) in [5.74, 6) is 0.416. The van der Waals surface area contributed by atoms with Gasteiger partial charge in [0.05, 0.1) is 11.6 Å². The Bertz CT molecular complexity index is 505. The zero-order chi connectivity index (χ0) is 15.3. The molecular formula is C14H20ClN3OS. The Morgan fingerprint density at radius 2 is 2.15 bits per heavy atom. The molecule has 0 fully saturated rings. The van der Waals surface area contributed by atoms with Crippen molar-refractivity contribution in [3.05, 3.63) is 28.8 Å². The first-order valence-electron chi connectivity index (χ1n) is 6.38. The lowest BCUT2D eigenvalue weighted by Gasteiger charge is -2.20. The van der Waals surface area contributed by atoms with Crippen LogP contribution in [0.15, 0.2) is 18.2 Å². The van der Waals surface area contributed by atoms with E-state index in [-0.39, 0.29) is 17.4 Å².